The molecule has 0 aliphatic carbocycles. The van der Waals surface area contributed by atoms with Crippen molar-refractivity contribution in [1.82, 2.24) is 15.1 Å². The summed E-state index contributed by atoms with van der Waals surface area (Å²) < 4.78 is 1.64. The summed E-state index contributed by atoms with van der Waals surface area (Å²) >= 11 is 0. The maximum absolute atomic E-state index is 11.9. The lowest BCUT2D eigenvalue weighted by Crippen LogP contribution is -2.49. The molecule has 1 aromatic carbocycles. The quantitative estimate of drug-likeness (QED) is 0.733. The number of rotatable bonds is 1. The van der Waals surface area contributed by atoms with Gasteiger partial charge in [-0.2, -0.15) is 5.10 Å². The van der Waals surface area contributed by atoms with Gasteiger partial charge in [0, 0.05) is 25.4 Å². The minimum Gasteiger partial charge on any atom is -0.397 e. The Labute approximate surface area is 109 Å². The summed E-state index contributed by atoms with van der Waals surface area (Å²) in [7, 11) is 1.77. The van der Waals surface area contributed by atoms with Crippen LogP contribution in [-0.4, -0.2) is 28.3 Å². The van der Waals surface area contributed by atoms with Crippen LogP contribution >= 0.6 is 0 Å². The minimum absolute atomic E-state index is 0.263. The number of nitrogens with one attached hydrogen (secondary N) is 1. The number of amides is 3. The van der Waals surface area contributed by atoms with E-state index < -0.39 is 6.03 Å². The maximum atomic E-state index is 11.9. The van der Waals surface area contributed by atoms with E-state index in [2.05, 4.69) is 10.4 Å². The highest BCUT2D eigenvalue weighted by atomic mass is 16.2. The SMILES string of the molecule is Cn1nc(N2CCC(=O)NC2=O)c2cccc(N)c21. The molecule has 19 heavy (non-hydrogen) atoms. The second kappa shape index (κ2) is 3.98. The van der Waals surface area contributed by atoms with Gasteiger partial charge in [0.05, 0.1) is 11.2 Å². The van der Waals surface area contributed by atoms with Gasteiger partial charge in [0.2, 0.25) is 5.91 Å². The van der Waals surface area contributed by atoms with Gasteiger partial charge < -0.3 is 5.73 Å². The standard InChI is InChI=1S/C12H13N5O2/c1-16-10-7(3-2-4-8(10)13)11(15-16)17-6-5-9(18)14-12(17)19/h2-4H,5-6,13H2,1H3,(H,14,18,19). The number of nitrogens with two attached hydrogens (primary N) is 1. The van der Waals surface area contributed by atoms with Crippen LogP contribution in [0, 0.1) is 0 Å². The molecule has 0 spiro atoms. The fraction of sp³-hybridized carbons (Fsp3) is 0.250. The smallest absolute Gasteiger partial charge is 0.329 e. The summed E-state index contributed by atoms with van der Waals surface area (Å²) in [5.41, 5.74) is 7.31. The molecule has 98 valence electrons. The van der Waals surface area contributed by atoms with E-state index >= 15 is 0 Å². The molecule has 2 heterocycles. The molecule has 0 bridgehead atoms. The predicted molar refractivity (Wildman–Crippen MR) is 70.6 cm³/mol. The first-order chi connectivity index (χ1) is 9.08. The number of urea groups is 1. The number of aryl methyl sites for hydroxylation is 1. The van der Waals surface area contributed by atoms with Crippen molar-refractivity contribution in [2.75, 3.05) is 17.2 Å². The predicted octanol–water partition coefficient (Wildman–Crippen LogP) is 0.602. The molecule has 1 aromatic heterocycles. The monoisotopic (exact) mass is 259 g/mol. The summed E-state index contributed by atoms with van der Waals surface area (Å²) in [5, 5.41) is 7.42. The fourth-order valence-corrected chi connectivity index (χ4v) is 2.31. The number of nitrogen functional groups attached to an aromatic ring is 1. The summed E-state index contributed by atoms with van der Waals surface area (Å²) in [6, 6.07) is 5.01. The highest BCUT2D eigenvalue weighted by Gasteiger charge is 2.28. The maximum Gasteiger partial charge on any atom is 0.329 e. The molecule has 1 aliphatic rings. The summed E-state index contributed by atoms with van der Waals surface area (Å²) in [4.78, 5) is 24.5. The van der Waals surface area contributed by atoms with Crippen molar-refractivity contribution >= 4 is 34.3 Å². The third kappa shape index (κ3) is 1.70. The first-order valence-corrected chi connectivity index (χ1v) is 5.90. The fourth-order valence-electron chi connectivity index (χ4n) is 2.31. The lowest BCUT2D eigenvalue weighted by molar-refractivity contribution is -0.120. The van der Waals surface area contributed by atoms with E-state index in [0.717, 1.165) is 10.9 Å². The minimum atomic E-state index is -0.446. The van der Waals surface area contributed by atoms with Crippen molar-refractivity contribution in [3.8, 4) is 0 Å². The van der Waals surface area contributed by atoms with Gasteiger partial charge in [-0.25, -0.2) is 4.79 Å². The zero-order valence-corrected chi connectivity index (χ0v) is 10.4. The normalized spacial score (nSPS) is 15.9. The first kappa shape index (κ1) is 11.5. The molecule has 2 aromatic rings. The van der Waals surface area contributed by atoms with Crippen LogP contribution in [0.1, 0.15) is 6.42 Å². The van der Waals surface area contributed by atoms with Crippen LogP contribution in [-0.2, 0) is 11.8 Å². The van der Waals surface area contributed by atoms with E-state index in [-0.39, 0.29) is 12.3 Å². The highest BCUT2D eigenvalue weighted by Crippen LogP contribution is 2.30. The van der Waals surface area contributed by atoms with Gasteiger partial charge in [0.15, 0.2) is 5.82 Å². The number of aromatic nitrogens is 2. The highest BCUT2D eigenvalue weighted by molar-refractivity contribution is 6.09. The molecular weight excluding hydrogens is 246 g/mol. The Morgan fingerprint density at radius 2 is 2.16 bits per heavy atom. The Morgan fingerprint density at radius 1 is 1.37 bits per heavy atom. The number of benzene rings is 1. The average Bonchev–Trinajstić information content (AvgIpc) is 2.68. The summed E-state index contributed by atoms with van der Waals surface area (Å²) in [6.07, 6.45) is 0.270. The molecule has 0 atom stereocenters. The number of carbonyl (C=O) groups is 2. The molecule has 1 aliphatic heterocycles. The Kier molecular flexibility index (Phi) is 2.41. The number of fused-ring (bicyclic) bond motifs is 1. The number of para-hydroxylation sites is 1. The number of anilines is 2. The van der Waals surface area contributed by atoms with E-state index in [1.165, 1.54) is 4.90 Å². The van der Waals surface area contributed by atoms with Crippen LogP contribution in [0.25, 0.3) is 10.9 Å². The van der Waals surface area contributed by atoms with Gasteiger partial charge >= 0.3 is 6.03 Å². The molecule has 1 saturated heterocycles. The van der Waals surface area contributed by atoms with E-state index in [1.807, 2.05) is 12.1 Å². The lowest BCUT2D eigenvalue weighted by atomic mass is 10.2. The Morgan fingerprint density at radius 3 is 2.89 bits per heavy atom. The third-order valence-electron chi connectivity index (χ3n) is 3.19. The molecule has 0 radical (unpaired) electrons. The summed E-state index contributed by atoms with van der Waals surface area (Å²) in [6.45, 7) is 0.325. The Balaban J connectivity index is 2.13. The Hall–Kier alpha value is -2.57. The third-order valence-corrected chi connectivity index (χ3v) is 3.19. The average molecular weight is 259 g/mol. The van der Waals surface area contributed by atoms with Crippen LogP contribution in [0.5, 0.6) is 0 Å². The van der Waals surface area contributed by atoms with Crippen LogP contribution < -0.4 is 16.0 Å². The number of hydrogen-bond donors (Lipinski definition) is 2. The Bertz CT molecular complexity index is 691. The van der Waals surface area contributed by atoms with Crippen molar-refractivity contribution in [3.05, 3.63) is 18.2 Å². The van der Waals surface area contributed by atoms with E-state index in [4.69, 9.17) is 5.73 Å². The van der Waals surface area contributed by atoms with Crippen LogP contribution in [0.3, 0.4) is 0 Å². The molecule has 3 rings (SSSR count). The lowest BCUT2D eigenvalue weighted by Gasteiger charge is -2.24. The van der Waals surface area contributed by atoms with Crippen molar-refractivity contribution in [2.45, 2.75) is 6.42 Å². The van der Waals surface area contributed by atoms with E-state index in [1.54, 1.807) is 17.8 Å². The second-order valence-electron chi connectivity index (χ2n) is 4.45. The van der Waals surface area contributed by atoms with E-state index in [9.17, 15) is 9.59 Å². The van der Waals surface area contributed by atoms with Gasteiger partial charge in [-0.15, -0.1) is 0 Å². The molecule has 0 saturated carbocycles. The number of carbonyl (C=O) groups excluding carboxylic acids is 2. The number of hydrogen-bond acceptors (Lipinski definition) is 4. The largest absolute Gasteiger partial charge is 0.397 e. The van der Waals surface area contributed by atoms with Gasteiger partial charge in [0.1, 0.15) is 0 Å². The number of nitrogens with zero attached hydrogens (tertiary/aromatic N) is 3. The van der Waals surface area contributed by atoms with E-state index in [0.29, 0.717) is 18.1 Å². The zero-order valence-electron chi connectivity index (χ0n) is 10.4. The van der Waals surface area contributed by atoms with Crippen molar-refractivity contribution < 1.29 is 9.59 Å². The first-order valence-electron chi connectivity index (χ1n) is 5.90. The molecule has 0 unspecified atom stereocenters. The molecule has 7 heteroatoms. The molecular formula is C12H13N5O2. The van der Waals surface area contributed by atoms with Gasteiger partial charge in [-0.1, -0.05) is 6.07 Å². The van der Waals surface area contributed by atoms with Crippen LogP contribution in [0.4, 0.5) is 16.3 Å². The number of imide groups is 1. The summed E-state index contributed by atoms with van der Waals surface area (Å²) in [5.74, 6) is 0.260. The van der Waals surface area contributed by atoms with Crippen molar-refractivity contribution in [1.29, 1.82) is 0 Å². The van der Waals surface area contributed by atoms with Gasteiger partial charge in [-0.05, 0) is 12.1 Å². The topological polar surface area (TPSA) is 93.2 Å². The van der Waals surface area contributed by atoms with Crippen LogP contribution in [0.15, 0.2) is 18.2 Å². The van der Waals surface area contributed by atoms with Crippen molar-refractivity contribution in [2.24, 2.45) is 7.05 Å². The van der Waals surface area contributed by atoms with Crippen molar-refractivity contribution in [3.63, 3.8) is 0 Å². The molecule has 7 nitrogen and oxygen atoms in total. The second-order valence-corrected chi connectivity index (χ2v) is 4.45. The van der Waals surface area contributed by atoms with Gasteiger partial charge in [0.25, 0.3) is 0 Å². The molecule has 1 fully saturated rings. The van der Waals surface area contributed by atoms with Gasteiger partial charge in [-0.3, -0.25) is 19.7 Å². The zero-order chi connectivity index (χ0) is 13.6. The molecule has 3 amide bonds. The van der Waals surface area contributed by atoms with Crippen LogP contribution in [0.2, 0.25) is 0 Å². The molecule has 3 N–H and O–H groups in total.